The number of benzene rings is 1. The summed E-state index contributed by atoms with van der Waals surface area (Å²) in [6, 6.07) is 2.50. The van der Waals surface area contributed by atoms with Crippen LogP contribution in [0.1, 0.15) is 73.7 Å². The topological polar surface area (TPSA) is 30.5 Å². The standard InChI is InChI=1S/C18H27NO2/c1-11(2)14-9-16-17(13(4)12(14)3)15(19-20-5)10-18(21-16)7-6-8-18/h9,11,15,19H,6-8,10H2,1-5H3. The minimum atomic E-state index is 0.0408. The van der Waals surface area contributed by atoms with Crippen molar-refractivity contribution in [2.45, 2.75) is 70.9 Å². The molecular formula is C18H27NO2. The Kier molecular flexibility index (Phi) is 3.74. The van der Waals surface area contributed by atoms with E-state index >= 15 is 0 Å². The largest absolute Gasteiger partial charge is 0.487 e. The van der Waals surface area contributed by atoms with Gasteiger partial charge in [0, 0.05) is 12.0 Å². The molecule has 1 unspecified atom stereocenters. The molecule has 0 saturated heterocycles. The van der Waals surface area contributed by atoms with Crippen molar-refractivity contribution in [2.75, 3.05) is 7.11 Å². The SMILES string of the molecule is CONC1CC2(CCC2)Oc2cc(C(C)C)c(C)c(C)c21. The number of rotatable bonds is 3. The lowest BCUT2D eigenvalue weighted by Gasteiger charge is -2.48. The second kappa shape index (κ2) is 5.29. The summed E-state index contributed by atoms with van der Waals surface area (Å²) in [5.41, 5.74) is 8.67. The minimum absolute atomic E-state index is 0.0408. The fourth-order valence-electron chi connectivity index (χ4n) is 3.92. The van der Waals surface area contributed by atoms with Gasteiger partial charge in [-0.05, 0) is 61.8 Å². The number of ether oxygens (including phenoxy) is 1. The molecule has 1 aromatic carbocycles. The quantitative estimate of drug-likeness (QED) is 0.840. The molecule has 116 valence electrons. The van der Waals surface area contributed by atoms with Crippen molar-refractivity contribution in [3.05, 3.63) is 28.3 Å². The molecule has 0 bridgehead atoms. The number of hydrogen-bond acceptors (Lipinski definition) is 3. The Morgan fingerprint density at radius 3 is 2.52 bits per heavy atom. The fourth-order valence-corrected chi connectivity index (χ4v) is 3.92. The third kappa shape index (κ3) is 2.36. The van der Waals surface area contributed by atoms with Crippen LogP contribution in [-0.4, -0.2) is 12.7 Å². The van der Waals surface area contributed by atoms with Crippen LogP contribution in [0.15, 0.2) is 6.07 Å². The molecule has 3 rings (SSSR count). The van der Waals surface area contributed by atoms with E-state index in [9.17, 15) is 0 Å². The van der Waals surface area contributed by atoms with Crippen molar-refractivity contribution in [1.82, 2.24) is 5.48 Å². The first kappa shape index (κ1) is 14.9. The van der Waals surface area contributed by atoms with Crippen LogP contribution in [0.5, 0.6) is 5.75 Å². The third-order valence-electron chi connectivity index (χ3n) is 5.35. The van der Waals surface area contributed by atoms with Gasteiger partial charge in [-0.2, -0.15) is 5.48 Å². The van der Waals surface area contributed by atoms with E-state index in [1.807, 2.05) is 0 Å². The second-order valence-corrected chi connectivity index (χ2v) is 7.00. The molecular weight excluding hydrogens is 262 g/mol. The summed E-state index contributed by atoms with van der Waals surface area (Å²) in [6.45, 7) is 8.94. The molecule has 1 aliphatic carbocycles. The number of nitrogens with one attached hydrogen (secondary N) is 1. The molecule has 3 nitrogen and oxygen atoms in total. The molecule has 0 radical (unpaired) electrons. The predicted molar refractivity (Wildman–Crippen MR) is 84.7 cm³/mol. The molecule has 1 heterocycles. The normalized spacial score (nSPS) is 22.9. The molecule has 0 amide bonds. The number of hydrogen-bond donors (Lipinski definition) is 1. The van der Waals surface area contributed by atoms with Crippen molar-refractivity contribution in [1.29, 1.82) is 0 Å². The van der Waals surface area contributed by atoms with Crippen LogP contribution in [-0.2, 0) is 4.84 Å². The van der Waals surface area contributed by atoms with Gasteiger partial charge in [-0.15, -0.1) is 0 Å². The first-order valence-electron chi connectivity index (χ1n) is 8.09. The van der Waals surface area contributed by atoms with E-state index in [0.717, 1.165) is 25.0 Å². The van der Waals surface area contributed by atoms with E-state index in [2.05, 4.69) is 39.2 Å². The van der Waals surface area contributed by atoms with E-state index in [1.54, 1.807) is 7.11 Å². The Morgan fingerprint density at radius 2 is 2.00 bits per heavy atom. The molecule has 3 heteroatoms. The van der Waals surface area contributed by atoms with E-state index in [1.165, 1.54) is 28.7 Å². The fraction of sp³-hybridized carbons (Fsp3) is 0.667. The maximum Gasteiger partial charge on any atom is 0.125 e. The summed E-state index contributed by atoms with van der Waals surface area (Å²) in [5.74, 6) is 1.59. The van der Waals surface area contributed by atoms with Gasteiger partial charge in [0.05, 0.1) is 13.2 Å². The van der Waals surface area contributed by atoms with Crippen molar-refractivity contribution < 1.29 is 9.57 Å². The van der Waals surface area contributed by atoms with Crippen LogP contribution in [0.4, 0.5) is 0 Å². The Balaban J connectivity index is 2.10. The lowest BCUT2D eigenvalue weighted by atomic mass is 9.72. The van der Waals surface area contributed by atoms with Crippen molar-refractivity contribution in [3.63, 3.8) is 0 Å². The van der Waals surface area contributed by atoms with Crippen LogP contribution < -0.4 is 10.2 Å². The predicted octanol–water partition coefficient (Wildman–Crippen LogP) is 4.32. The molecule has 21 heavy (non-hydrogen) atoms. The molecule has 1 spiro atoms. The minimum Gasteiger partial charge on any atom is -0.487 e. The maximum absolute atomic E-state index is 6.46. The zero-order valence-electron chi connectivity index (χ0n) is 13.9. The van der Waals surface area contributed by atoms with Gasteiger partial charge in [0.15, 0.2) is 0 Å². The van der Waals surface area contributed by atoms with Gasteiger partial charge >= 0.3 is 0 Å². The smallest absolute Gasteiger partial charge is 0.125 e. The third-order valence-corrected chi connectivity index (χ3v) is 5.35. The van der Waals surface area contributed by atoms with Gasteiger partial charge in [-0.1, -0.05) is 13.8 Å². The molecule has 1 aromatic rings. The highest BCUT2D eigenvalue weighted by molar-refractivity contribution is 5.52. The van der Waals surface area contributed by atoms with Gasteiger partial charge in [0.2, 0.25) is 0 Å². The Labute approximate surface area is 128 Å². The van der Waals surface area contributed by atoms with Crippen LogP contribution in [0.25, 0.3) is 0 Å². The summed E-state index contributed by atoms with van der Waals surface area (Å²) in [6.07, 6.45) is 4.61. The monoisotopic (exact) mass is 289 g/mol. The van der Waals surface area contributed by atoms with Crippen LogP contribution in [0.3, 0.4) is 0 Å². The van der Waals surface area contributed by atoms with Crippen LogP contribution in [0, 0.1) is 13.8 Å². The second-order valence-electron chi connectivity index (χ2n) is 7.00. The van der Waals surface area contributed by atoms with Crippen molar-refractivity contribution >= 4 is 0 Å². The molecule has 0 aromatic heterocycles. The summed E-state index contributed by atoms with van der Waals surface area (Å²) < 4.78 is 6.46. The molecule has 1 N–H and O–H groups in total. The highest BCUT2D eigenvalue weighted by Gasteiger charge is 2.46. The number of fused-ring (bicyclic) bond motifs is 1. The first-order valence-corrected chi connectivity index (χ1v) is 8.09. The Morgan fingerprint density at radius 1 is 1.29 bits per heavy atom. The van der Waals surface area contributed by atoms with E-state index < -0.39 is 0 Å². The lowest BCUT2D eigenvalue weighted by molar-refractivity contribution is -0.0601. The van der Waals surface area contributed by atoms with Crippen molar-refractivity contribution in [3.8, 4) is 5.75 Å². The van der Waals surface area contributed by atoms with Gasteiger partial charge < -0.3 is 9.57 Å². The van der Waals surface area contributed by atoms with Gasteiger partial charge in [-0.25, -0.2) is 0 Å². The van der Waals surface area contributed by atoms with Crippen LogP contribution >= 0.6 is 0 Å². The summed E-state index contributed by atoms with van der Waals surface area (Å²) in [5, 5.41) is 0. The summed E-state index contributed by atoms with van der Waals surface area (Å²) >= 11 is 0. The molecule has 1 saturated carbocycles. The number of hydroxylamine groups is 1. The average Bonchev–Trinajstić information content (AvgIpc) is 2.40. The highest BCUT2D eigenvalue weighted by atomic mass is 16.6. The van der Waals surface area contributed by atoms with Crippen molar-refractivity contribution in [2.24, 2.45) is 0 Å². The summed E-state index contributed by atoms with van der Waals surface area (Å²) in [4.78, 5) is 5.27. The summed E-state index contributed by atoms with van der Waals surface area (Å²) in [7, 11) is 1.70. The molecule has 1 aliphatic heterocycles. The van der Waals surface area contributed by atoms with Crippen LogP contribution in [0.2, 0.25) is 0 Å². The zero-order valence-corrected chi connectivity index (χ0v) is 13.9. The lowest BCUT2D eigenvalue weighted by Crippen LogP contribution is -2.49. The first-order chi connectivity index (χ1) is 9.97. The average molecular weight is 289 g/mol. The maximum atomic E-state index is 6.46. The highest BCUT2D eigenvalue weighted by Crippen LogP contribution is 2.51. The zero-order chi connectivity index (χ0) is 15.2. The Bertz CT molecular complexity index is 547. The van der Waals surface area contributed by atoms with E-state index in [-0.39, 0.29) is 11.6 Å². The Hall–Kier alpha value is -1.06. The molecule has 2 aliphatic rings. The van der Waals surface area contributed by atoms with E-state index in [4.69, 9.17) is 9.57 Å². The molecule has 1 fully saturated rings. The van der Waals surface area contributed by atoms with Gasteiger partial charge in [-0.3, -0.25) is 0 Å². The van der Waals surface area contributed by atoms with Gasteiger partial charge in [0.25, 0.3) is 0 Å². The molecule has 1 atom stereocenters. The van der Waals surface area contributed by atoms with Gasteiger partial charge in [0.1, 0.15) is 11.4 Å². The van der Waals surface area contributed by atoms with E-state index in [0.29, 0.717) is 5.92 Å².